The molecule has 0 unspecified atom stereocenters. The fraction of sp³-hybridized carbons (Fsp3) is 0.643. The number of aromatic nitrogens is 1. The van der Waals surface area contributed by atoms with Crippen molar-refractivity contribution in [2.45, 2.75) is 58.9 Å². The van der Waals surface area contributed by atoms with Gasteiger partial charge in [0.25, 0.3) is 5.56 Å². The third-order valence-electron chi connectivity index (χ3n) is 2.96. The van der Waals surface area contributed by atoms with Gasteiger partial charge in [-0.2, -0.15) is 0 Å². The van der Waals surface area contributed by atoms with Crippen molar-refractivity contribution in [2.24, 2.45) is 0 Å². The predicted molar refractivity (Wildman–Crippen MR) is 73.3 cm³/mol. The minimum Gasteiger partial charge on any atom is -0.394 e. The maximum Gasteiger partial charge on any atom is 0.273 e. The van der Waals surface area contributed by atoms with Gasteiger partial charge in [-0.15, -0.1) is 0 Å². The molecule has 0 radical (unpaired) electrons. The molecule has 0 saturated carbocycles. The number of pyridine rings is 1. The molecule has 17 heavy (non-hydrogen) atoms. The number of nitrogens with zero attached hydrogens (tertiary/aromatic N) is 1. The van der Waals surface area contributed by atoms with Crippen molar-refractivity contribution in [3.8, 4) is 0 Å². The fourth-order valence-corrected chi connectivity index (χ4v) is 1.99. The maximum atomic E-state index is 12.1. The van der Waals surface area contributed by atoms with Gasteiger partial charge in [0, 0.05) is 17.7 Å². The molecule has 3 nitrogen and oxygen atoms in total. The molecule has 0 amide bonds. The molecule has 1 aromatic rings. The van der Waals surface area contributed by atoms with E-state index in [1.807, 2.05) is 10.6 Å². The number of unbranched alkanes of at least 4 members (excludes halogenated alkanes) is 2. The Morgan fingerprint density at radius 2 is 1.88 bits per heavy atom. The lowest BCUT2D eigenvalue weighted by Gasteiger charge is -2.24. The molecule has 0 aromatic carbocycles. The number of nitrogens with two attached hydrogens (primary N) is 1. The molecule has 1 rings (SSSR count). The zero-order valence-electron chi connectivity index (χ0n) is 11.4. The van der Waals surface area contributed by atoms with Gasteiger partial charge in [-0.25, -0.2) is 0 Å². The van der Waals surface area contributed by atoms with Crippen LogP contribution in [0.4, 0.5) is 5.69 Å². The van der Waals surface area contributed by atoms with Crippen LogP contribution in [0, 0.1) is 0 Å². The highest BCUT2D eigenvalue weighted by Crippen LogP contribution is 2.21. The second kappa shape index (κ2) is 5.39. The number of nitrogen functional groups attached to an aromatic ring is 1. The van der Waals surface area contributed by atoms with Crippen LogP contribution in [0.5, 0.6) is 0 Å². The van der Waals surface area contributed by atoms with Crippen LogP contribution in [0.1, 0.15) is 52.7 Å². The lowest BCUT2D eigenvalue weighted by molar-refractivity contribution is 0.485. The van der Waals surface area contributed by atoms with Crippen molar-refractivity contribution in [2.75, 3.05) is 5.73 Å². The Bertz CT molecular complexity index is 427. The van der Waals surface area contributed by atoms with E-state index in [2.05, 4.69) is 27.7 Å². The van der Waals surface area contributed by atoms with Gasteiger partial charge in [0.2, 0.25) is 0 Å². The van der Waals surface area contributed by atoms with Crippen molar-refractivity contribution in [1.82, 2.24) is 4.57 Å². The van der Waals surface area contributed by atoms with Gasteiger partial charge in [-0.1, -0.05) is 40.5 Å². The minimum atomic E-state index is -0.0477. The molecule has 0 bridgehead atoms. The molecule has 0 atom stereocenters. The van der Waals surface area contributed by atoms with Crippen molar-refractivity contribution >= 4 is 5.69 Å². The topological polar surface area (TPSA) is 48.0 Å². The summed E-state index contributed by atoms with van der Waals surface area (Å²) in [6, 6.07) is 3.70. The first-order valence-corrected chi connectivity index (χ1v) is 6.37. The van der Waals surface area contributed by atoms with Crippen LogP contribution >= 0.6 is 0 Å². The normalized spacial score (nSPS) is 11.8. The highest BCUT2D eigenvalue weighted by atomic mass is 16.1. The Morgan fingerprint density at radius 1 is 1.24 bits per heavy atom. The molecule has 1 aromatic heterocycles. The largest absolute Gasteiger partial charge is 0.394 e. The Labute approximate surface area is 104 Å². The van der Waals surface area contributed by atoms with Crippen LogP contribution in [0.2, 0.25) is 0 Å². The highest BCUT2D eigenvalue weighted by Gasteiger charge is 2.19. The summed E-state index contributed by atoms with van der Waals surface area (Å²) in [5.41, 5.74) is 7.03. The summed E-state index contributed by atoms with van der Waals surface area (Å²) < 4.78 is 1.84. The summed E-state index contributed by atoms with van der Waals surface area (Å²) in [5.74, 6) is 0. The van der Waals surface area contributed by atoms with E-state index < -0.39 is 0 Å². The van der Waals surface area contributed by atoms with Gasteiger partial charge >= 0.3 is 0 Å². The molecule has 0 aliphatic rings. The van der Waals surface area contributed by atoms with Crippen molar-refractivity contribution < 1.29 is 0 Å². The molecule has 0 spiro atoms. The van der Waals surface area contributed by atoms with Gasteiger partial charge in [0.1, 0.15) is 0 Å². The average molecular weight is 236 g/mol. The van der Waals surface area contributed by atoms with E-state index in [1.165, 1.54) is 0 Å². The van der Waals surface area contributed by atoms with Crippen molar-refractivity contribution in [1.29, 1.82) is 0 Å². The summed E-state index contributed by atoms with van der Waals surface area (Å²) in [4.78, 5) is 12.1. The van der Waals surface area contributed by atoms with E-state index in [0.29, 0.717) is 5.69 Å². The number of hydrogen-bond donors (Lipinski definition) is 1. The lowest BCUT2D eigenvalue weighted by Crippen LogP contribution is -2.31. The Kier molecular flexibility index (Phi) is 4.38. The maximum absolute atomic E-state index is 12.1. The van der Waals surface area contributed by atoms with E-state index in [1.54, 1.807) is 6.07 Å². The van der Waals surface area contributed by atoms with Crippen molar-refractivity contribution in [3.63, 3.8) is 0 Å². The zero-order chi connectivity index (χ0) is 13.1. The molecule has 2 N–H and O–H groups in total. The molecule has 96 valence electrons. The predicted octanol–water partition coefficient (Wildman–Crippen LogP) is 2.92. The summed E-state index contributed by atoms with van der Waals surface area (Å²) in [5, 5.41) is 0. The molecule has 1 heterocycles. The van der Waals surface area contributed by atoms with Crippen LogP contribution < -0.4 is 11.3 Å². The Hall–Kier alpha value is -1.25. The van der Waals surface area contributed by atoms with Gasteiger partial charge < -0.3 is 10.3 Å². The average Bonchev–Trinajstić information content (AvgIpc) is 2.23. The van der Waals surface area contributed by atoms with Gasteiger partial charge in [-0.3, -0.25) is 4.79 Å². The minimum absolute atomic E-state index is 0.0287. The molecule has 0 fully saturated rings. The first-order chi connectivity index (χ1) is 7.88. The number of rotatable bonds is 4. The summed E-state index contributed by atoms with van der Waals surface area (Å²) in [6.45, 7) is 9.29. The smallest absolute Gasteiger partial charge is 0.273 e. The van der Waals surface area contributed by atoms with E-state index >= 15 is 0 Å². The standard InChI is InChI=1S/C14H24N2O/c1-5-6-7-10-16-12(14(2,3)4)9-8-11(15)13(16)17/h8-9H,5-7,10,15H2,1-4H3. The van der Waals surface area contributed by atoms with E-state index in [-0.39, 0.29) is 11.0 Å². The summed E-state index contributed by atoms with van der Waals surface area (Å²) in [6.07, 6.45) is 3.33. The highest BCUT2D eigenvalue weighted by molar-refractivity contribution is 5.37. The SMILES string of the molecule is CCCCCn1c(C(C)(C)C)ccc(N)c1=O. The van der Waals surface area contributed by atoms with Crippen LogP contribution in [-0.4, -0.2) is 4.57 Å². The third-order valence-corrected chi connectivity index (χ3v) is 2.96. The third kappa shape index (κ3) is 3.35. The van der Waals surface area contributed by atoms with E-state index in [9.17, 15) is 4.79 Å². The van der Waals surface area contributed by atoms with Gasteiger partial charge in [0.05, 0.1) is 5.69 Å². The van der Waals surface area contributed by atoms with Crippen LogP contribution in [0.3, 0.4) is 0 Å². The molecular weight excluding hydrogens is 212 g/mol. The second-order valence-corrected chi connectivity index (χ2v) is 5.59. The lowest BCUT2D eigenvalue weighted by atomic mass is 9.91. The summed E-state index contributed by atoms with van der Waals surface area (Å²) in [7, 11) is 0. The number of anilines is 1. The Balaban J connectivity index is 3.14. The molecule has 3 heteroatoms. The first-order valence-electron chi connectivity index (χ1n) is 6.37. The van der Waals surface area contributed by atoms with Crippen LogP contribution in [-0.2, 0) is 12.0 Å². The molecule has 0 aliphatic carbocycles. The first kappa shape index (κ1) is 13.8. The Morgan fingerprint density at radius 3 is 2.41 bits per heavy atom. The zero-order valence-corrected chi connectivity index (χ0v) is 11.4. The second-order valence-electron chi connectivity index (χ2n) is 5.59. The molecule has 0 saturated heterocycles. The molecule has 0 aliphatic heterocycles. The number of hydrogen-bond acceptors (Lipinski definition) is 2. The monoisotopic (exact) mass is 236 g/mol. The van der Waals surface area contributed by atoms with Gasteiger partial charge in [0.15, 0.2) is 0 Å². The van der Waals surface area contributed by atoms with Crippen molar-refractivity contribution in [3.05, 3.63) is 28.2 Å². The van der Waals surface area contributed by atoms with Crippen LogP contribution in [0.25, 0.3) is 0 Å². The van der Waals surface area contributed by atoms with E-state index in [0.717, 1.165) is 31.5 Å². The van der Waals surface area contributed by atoms with Gasteiger partial charge in [-0.05, 0) is 18.6 Å². The molecular formula is C14H24N2O. The summed E-state index contributed by atoms with van der Waals surface area (Å²) >= 11 is 0. The fourth-order valence-electron chi connectivity index (χ4n) is 1.99. The quantitative estimate of drug-likeness (QED) is 0.817. The van der Waals surface area contributed by atoms with Crippen LogP contribution in [0.15, 0.2) is 16.9 Å². The van der Waals surface area contributed by atoms with E-state index in [4.69, 9.17) is 5.73 Å².